The summed E-state index contributed by atoms with van der Waals surface area (Å²) in [6.45, 7) is 6.57. The van der Waals surface area contributed by atoms with Crippen LogP contribution in [0, 0.1) is 5.82 Å². The SMILES string of the molecule is C=CCn1c(CCNC(=O)c2ccccc2F)nnc1SCC(=O)Nc1ccc(CC)cc1. The molecule has 3 rings (SSSR count). The molecule has 0 saturated carbocycles. The number of halogens is 1. The number of allylic oxidation sites excluding steroid dienone is 1. The number of thioether (sulfide) groups is 1. The normalized spacial score (nSPS) is 10.6. The van der Waals surface area contributed by atoms with E-state index in [-0.39, 0.29) is 23.8 Å². The molecule has 0 aliphatic carbocycles. The van der Waals surface area contributed by atoms with Crippen LogP contribution < -0.4 is 10.6 Å². The highest BCUT2D eigenvalue weighted by molar-refractivity contribution is 7.99. The number of carbonyl (C=O) groups excluding carboxylic acids is 2. The Labute approximate surface area is 196 Å². The maximum Gasteiger partial charge on any atom is 0.254 e. The summed E-state index contributed by atoms with van der Waals surface area (Å²) in [5.74, 6) is -0.378. The summed E-state index contributed by atoms with van der Waals surface area (Å²) in [5.41, 5.74) is 1.95. The van der Waals surface area contributed by atoms with Gasteiger partial charge in [0.2, 0.25) is 5.91 Å². The minimum atomic E-state index is -0.567. The molecular formula is C24H26FN5O2S. The molecule has 0 spiro atoms. The molecule has 0 fully saturated rings. The first-order valence-electron chi connectivity index (χ1n) is 10.6. The first-order chi connectivity index (χ1) is 16.0. The molecule has 2 aromatic carbocycles. The summed E-state index contributed by atoms with van der Waals surface area (Å²) in [6, 6.07) is 13.6. The summed E-state index contributed by atoms with van der Waals surface area (Å²) in [4.78, 5) is 24.5. The van der Waals surface area contributed by atoms with E-state index in [2.05, 4.69) is 34.3 Å². The summed E-state index contributed by atoms with van der Waals surface area (Å²) in [7, 11) is 0. The Morgan fingerprint density at radius 1 is 1.15 bits per heavy atom. The van der Waals surface area contributed by atoms with Crippen molar-refractivity contribution in [2.45, 2.75) is 31.5 Å². The third-order valence-corrected chi connectivity index (χ3v) is 5.80. The molecule has 0 radical (unpaired) electrons. The Kier molecular flexibility index (Phi) is 8.77. The van der Waals surface area contributed by atoms with Crippen molar-refractivity contribution >= 4 is 29.3 Å². The number of anilines is 1. The van der Waals surface area contributed by atoms with Gasteiger partial charge in [-0.05, 0) is 36.2 Å². The van der Waals surface area contributed by atoms with Gasteiger partial charge in [0.25, 0.3) is 5.91 Å². The third-order valence-electron chi connectivity index (χ3n) is 4.84. The number of nitrogens with one attached hydrogen (secondary N) is 2. The number of rotatable bonds is 11. The van der Waals surface area contributed by atoms with Crippen molar-refractivity contribution in [3.05, 3.63) is 84.0 Å². The lowest BCUT2D eigenvalue weighted by Gasteiger charge is -2.09. The van der Waals surface area contributed by atoms with Gasteiger partial charge in [0.1, 0.15) is 11.6 Å². The fourth-order valence-electron chi connectivity index (χ4n) is 3.10. The zero-order valence-corrected chi connectivity index (χ0v) is 19.2. The summed E-state index contributed by atoms with van der Waals surface area (Å²) in [5, 5.41) is 14.5. The van der Waals surface area contributed by atoms with Gasteiger partial charge in [-0.1, -0.05) is 49.0 Å². The Balaban J connectivity index is 1.54. The highest BCUT2D eigenvalue weighted by Crippen LogP contribution is 2.18. The van der Waals surface area contributed by atoms with Crippen molar-refractivity contribution in [1.82, 2.24) is 20.1 Å². The van der Waals surface area contributed by atoms with Crippen LogP contribution in [0.5, 0.6) is 0 Å². The number of carbonyl (C=O) groups is 2. The molecule has 33 heavy (non-hydrogen) atoms. The molecule has 3 aromatic rings. The van der Waals surface area contributed by atoms with Crippen LogP contribution in [0.2, 0.25) is 0 Å². The number of aryl methyl sites for hydroxylation is 1. The van der Waals surface area contributed by atoms with Crippen LogP contribution >= 0.6 is 11.8 Å². The molecule has 0 aliphatic rings. The van der Waals surface area contributed by atoms with Crippen molar-refractivity contribution in [3.63, 3.8) is 0 Å². The Bertz CT molecular complexity index is 1110. The summed E-state index contributed by atoms with van der Waals surface area (Å²) >= 11 is 1.27. The van der Waals surface area contributed by atoms with Crippen molar-refractivity contribution in [2.75, 3.05) is 17.6 Å². The lowest BCUT2D eigenvalue weighted by Crippen LogP contribution is -2.27. The third kappa shape index (κ3) is 6.76. The average Bonchev–Trinajstić information content (AvgIpc) is 3.20. The van der Waals surface area contributed by atoms with Crippen molar-refractivity contribution in [1.29, 1.82) is 0 Å². The van der Waals surface area contributed by atoms with E-state index in [9.17, 15) is 14.0 Å². The molecule has 0 aliphatic heterocycles. The minimum absolute atomic E-state index is 0.00310. The average molecular weight is 468 g/mol. The second kappa shape index (κ2) is 12.0. The molecule has 1 aromatic heterocycles. The maximum atomic E-state index is 13.7. The molecule has 7 nitrogen and oxygen atoms in total. The van der Waals surface area contributed by atoms with E-state index in [4.69, 9.17) is 0 Å². The molecule has 0 atom stereocenters. The first kappa shape index (κ1) is 24.2. The van der Waals surface area contributed by atoms with Gasteiger partial charge >= 0.3 is 0 Å². The van der Waals surface area contributed by atoms with Crippen LogP contribution in [0.15, 0.2) is 66.3 Å². The highest BCUT2D eigenvalue weighted by atomic mass is 32.2. The molecule has 0 unspecified atom stereocenters. The zero-order chi connectivity index (χ0) is 23.6. The molecule has 0 saturated heterocycles. The van der Waals surface area contributed by atoms with Gasteiger partial charge in [-0.25, -0.2) is 4.39 Å². The van der Waals surface area contributed by atoms with Crippen LogP contribution in [0.4, 0.5) is 10.1 Å². The van der Waals surface area contributed by atoms with Gasteiger partial charge in [0.15, 0.2) is 5.16 Å². The number of hydrogen-bond acceptors (Lipinski definition) is 5. The monoisotopic (exact) mass is 467 g/mol. The van der Waals surface area contributed by atoms with Crippen LogP contribution in [-0.4, -0.2) is 38.9 Å². The Morgan fingerprint density at radius 2 is 1.91 bits per heavy atom. The van der Waals surface area contributed by atoms with E-state index in [1.165, 1.54) is 35.5 Å². The van der Waals surface area contributed by atoms with E-state index in [1.807, 2.05) is 28.8 Å². The fourth-order valence-corrected chi connectivity index (χ4v) is 3.87. The molecule has 9 heteroatoms. The predicted molar refractivity (Wildman–Crippen MR) is 128 cm³/mol. The van der Waals surface area contributed by atoms with Gasteiger partial charge in [-0.3, -0.25) is 9.59 Å². The van der Waals surface area contributed by atoms with E-state index in [0.717, 1.165) is 12.1 Å². The van der Waals surface area contributed by atoms with E-state index >= 15 is 0 Å². The van der Waals surface area contributed by atoms with Crippen molar-refractivity contribution < 1.29 is 14.0 Å². The predicted octanol–water partition coefficient (Wildman–Crippen LogP) is 3.87. The summed E-state index contributed by atoms with van der Waals surface area (Å²) < 4.78 is 15.6. The van der Waals surface area contributed by atoms with Crippen LogP contribution in [0.25, 0.3) is 0 Å². The molecule has 2 N–H and O–H groups in total. The van der Waals surface area contributed by atoms with Crippen LogP contribution in [-0.2, 0) is 24.2 Å². The van der Waals surface area contributed by atoms with E-state index < -0.39 is 11.7 Å². The number of nitrogens with zero attached hydrogens (tertiary/aromatic N) is 3. The highest BCUT2D eigenvalue weighted by Gasteiger charge is 2.15. The summed E-state index contributed by atoms with van der Waals surface area (Å²) in [6.07, 6.45) is 3.06. The molecule has 0 bridgehead atoms. The lowest BCUT2D eigenvalue weighted by molar-refractivity contribution is -0.113. The van der Waals surface area contributed by atoms with Crippen LogP contribution in [0.3, 0.4) is 0 Å². The fraction of sp³-hybridized carbons (Fsp3) is 0.250. The lowest BCUT2D eigenvalue weighted by atomic mass is 10.1. The topological polar surface area (TPSA) is 88.9 Å². The Hall–Kier alpha value is -3.46. The standard InChI is InChI=1S/C24H26FN5O2S/c1-3-15-30-21(13-14-26-23(32)19-7-5-6-8-20(19)25)28-29-24(30)33-16-22(31)27-18-11-9-17(4-2)10-12-18/h3,5-12H,1,4,13-16H2,2H3,(H,26,32)(H,27,31). The van der Waals surface area contributed by atoms with Crippen molar-refractivity contribution in [3.8, 4) is 0 Å². The van der Waals surface area contributed by atoms with Crippen molar-refractivity contribution in [2.24, 2.45) is 0 Å². The smallest absolute Gasteiger partial charge is 0.254 e. The number of aromatic nitrogens is 3. The maximum absolute atomic E-state index is 13.7. The zero-order valence-electron chi connectivity index (χ0n) is 18.4. The minimum Gasteiger partial charge on any atom is -0.351 e. The Morgan fingerprint density at radius 3 is 2.61 bits per heavy atom. The van der Waals surface area contributed by atoms with E-state index in [1.54, 1.807) is 12.1 Å². The largest absolute Gasteiger partial charge is 0.351 e. The molecular weight excluding hydrogens is 441 g/mol. The van der Waals surface area contributed by atoms with Gasteiger partial charge < -0.3 is 15.2 Å². The van der Waals surface area contributed by atoms with Gasteiger partial charge in [-0.15, -0.1) is 16.8 Å². The van der Waals surface area contributed by atoms with Crippen LogP contribution in [0.1, 0.15) is 28.7 Å². The van der Waals surface area contributed by atoms with Gasteiger partial charge in [0, 0.05) is 25.2 Å². The van der Waals surface area contributed by atoms with E-state index in [0.29, 0.717) is 23.9 Å². The molecule has 2 amide bonds. The second-order valence-corrected chi connectivity index (χ2v) is 8.11. The quantitative estimate of drug-likeness (QED) is 0.330. The number of hydrogen-bond donors (Lipinski definition) is 2. The van der Waals surface area contributed by atoms with Gasteiger partial charge in [0.05, 0.1) is 11.3 Å². The second-order valence-electron chi connectivity index (χ2n) is 7.17. The first-order valence-corrected chi connectivity index (χ1v) is 11.6. The van der Waals surface area contributed by atoms with Gasteiger partial charge in [-0.2, -0.15) is 0 Å². The molecule has 1 heterocycles. The number of benzene rings is 2. The molecule has 172 valence electrons. The number of amides is 2.